The van der Waals surface area contributed by atoms with Gasteiger partial charge >= 0.3 is 5.97 Å². The van der Waals surface area contributed by atoms with E-state index in [0.29, 0.717) is 22.7 Å². The molecule has 27 heavy (non-hydrogen) atoms. The molecule has 0 spiro atoms. The quantitative estimate of drug-likeness (QED) is 0.567. The molecule has 0 heterocycles. The highest BCUT2D eigenvalue weighted by molar-refractivity contribution is 5.88. The van der Waals surface area contributed by atoms with Crippen LogP contribution in [-0.4, -0.2) is 27.3 Å². The van der Waals surface area contributed by atoms with Crippen molar-refractivity contribution in [3.8, 4) is 17.6 Å². The van der Waals surface area contributed by atoms with Crippen LogP contribution in [0, 0.1) is 11.3 Å². The van der Waals surface area contributed by atoms with Gasteiger partial charge in [-0.2, -0.15) is 5.26 Å². The molecule has 0 bridgehead atoms. The van der Waals surface area contributed by atoms with E-state index < -0.39 is 11.5 Å². The van der Waals surface area contributed by atoms with Crippen molar-refractivity contribution in [2.24, 2.45) is 0 Å². The number of rotatable bonds is 8. The zero-order valence-electron chi connectivity index (χ0n) is 15.6. The number of nitrogens with zero attached hydrogens (tertiary/aromatic N) is 1. The number of carbonyl (C=O) groups is 1. The molecular formula is C21H22N2O4. The van der Waals surface area contributed by atoms with Crippen LogP contribution in [-0.2, 0) is 15.1 Å². The Morgan fingerprint density at radius 2 is 1.78 bits per heavy atom. The summed E-state index contributed by atoms with van der Waals surface area (Å²) < 4.78 is 15.2. The molecule has 0 saturated heterocycles. The minimum Gasteiger partial charge on any atom is -0.497 e. The molecule has 1 unspecified atom stereocenters. The average Bonchev–Trinajstić information content (AvgIpc) is 2.72. The van der Waals surface area contributed by atoms with Crippen LogP contribution in [0.2, 0.25) is 0 Å². The van der Waals surface area contributed by atoms with Crippen LogP contribution in [0.5, 0.6) is 11.5 Å². The predicted molar refractivity (Wildman–Crippen MR) is 103 cm³/mol. The summed E-state index contributed by atoms with van der Waals surface area (Å²) in [7, 11) is 4.42. The highest BCUT2D eigenvalue weighted by Crippen LogP contribution is 2.34. The lowest BCUT2D eigenvalue weighted by atomic mass is 9.84. The van der Waals surface area contributed by atoms with Gasteiger partial charge in [-0.3, -0.25) is 0 Å². The summed E-state index contributed by atoms with van der Waals surface area (Å²) in [4.78, 5) is 11.9. The van der Waals surface area contributed by atoms with Crippen molar-refractivity contribution < 1.29 is 19.0 Å². The highest BCUT2D eigenvalue weighted by Gasteiger charge is 2.35. The number of nitrogens with one attached hydrogen (secondary N) is 1. The summed E-state index contributed by atoms with van der Waals surface area (Å²) in [6, 6.07) is 16.6. The van der Waals surface area contributed by atoms with Gasteiger partial charge in [-0.15, -0.1) is 0 Å². The summed E-state index contributed by atoms with van der Waals surface area (Å²) in [5.74, 6) is 0.741. The highest BCUT2D eigenvalue weighted by atomic mass is 16.5. The van der Waals surface area contributed by atoms with Gasteiger partial charge in [0, 0.05) is 17.7 Å². The number of benzene rings is 2. The molecule has 0 saturated carbocycles. The van der Waals surface area contributed by atoms with Gasteiger partial charge in [0.2, 0.25) is 0 Å². The molecule has 2 aromatic carbocycles. The van der Waals surface area contributed by atoms with E-state index in [9.17, 15) is 10.1 Å². The molecule has 1 atom stereocenters. The van der Waals surface area contributed by atoms with Crippen molar-refractivity contribution >= 4 is 11.7 Å². The Labute approximate surface area is 159 Å². The van der Waals surface area contributed by atoms with E-state index >= 15 is 0 Å². The first kappa shape index (κ1) is 19.9. The van der Waals surface area contributed by atoms with Gasteiger partial charge in [-0.25, -0.2) is 4.79 Å². The fourth-order valence-corrected chi connectivity index (χ4v) is 2.70. The first-order valence-electron chi connectivity index (χ1n) is 8.22. The third-order valence-electron chi connectivity index (χ3n) is 4.15. The molecule has 6 nitrogen and oxygen atoms in total. The Bertz CT molecular complexity index is 855. The number of esters is 1. The summed E-state index contributed by atoms with van der Waals surface area (Å²) in [6.07, 6.45) is 0.0371. The number of anilines is 1. The van der Waals surface area contributed by atoms with Crippen LogP contribution < -0.4 is 14.8 Å². The first-order chi connectivity index (χ1) is 13.0. The molecule has 2 aromatic rings. The second-order valence-corrected chi connectivity index (χ2v) is 5.87. The molecule has 0 radical (unpaired) electrons. The Kier molecular flexibility index (Phi) is 6.45. The maximum Gasteiger partial charge on any atom is 0.333 e. The van der Waals surface area contributed by atoms with Crippen LogP contribution in [0.25, 0.3) is 0 Å². The van der Waals surface area contributed by atoms with Crippen molar-refractivity contribution in [3.63, 3.8) is 0 Å². The molecule has 2 rings (SSSR count). The SMILES string of the molecule is C=C(CC(C#N)(Nc1ccc(OC)cc1)c1cccc(OC)c1)C(=O)OC. The molecule has 6 heteroatoms. The van der Waals surface area contributed by atoms with Gasteiger partial charge in [-0.05, 0) is 42.0 Å². The Morgan fingerprint density at radius 1 is 1.11 bits per heavy atom. The smallest absolute Gasteiger partial charge is 0.333 e. The summed E-state index contributed by atoms with van der Waals surface area (Å²) >= 11 is 0. The molecule has 0 aliphatic carbocycles. The number of hydrogen-bond donors (Lipinski definition) is 1. The number of ether oxygens (including phenoxy) is 3. The Morgan fingerprint density at radius 3 is 2.33 bits per heavy atom. The van der Waals surface area contributed by atoms with E-state index in [1.807, 2.05) is 0 Å². The normalized spacial score (nSPS) is 12.2. The van der Waals surface area contributed by atoms with Gasteiger partial charge in [0.15, 0.2) is 5.54 Å². The van der Waals surface area contributed by atoms with Gasteiger partial charge in [0.05, 0.1) is 27.4 Å². The maximum atomic E-state index is 11.9. The molecule has 0 aliphatic rings. The van der Waals surface area contributed by atoms with Crippen molar-refractivity contribution in [1.29, 1.82) is 5.26 Å². The van der Waals surface area contributed by atoms with E-state index in [4.69, 9.17) is 14.2 Å². The summed E-state index contributed by atoms with van der Waals surface area (Å²) in [6.45, 7) is 3.78. The molecule has 0 aromatic heterocycles. The topological polar surface area (TPSA) is 80.6 Å². The van der Waals surface area contributed by atoms with Crippen LogP contribution in [0.1, 0.15) is 12.0 Å². The lowest BCUT2D eigenvalue weighted by molar-refractivity contribution is -0.136. The number of nitriles is 1. The monoisotopic (exact) mass is 366 g/mol. The third-order valence-corrected chi connectivity index (χ3v) is 4.15. The second kappa shape index (κ2) is 8.77. The number of carbonyl (C=O) groups excluding carboxylic acids is 1. The molecular weight excluding hydrogens is 344 g/mol. The summed E-state index contributed by atoms with van der Waals surface area (Å²) in [5.41, 5.74) is 0.278. The maximum absolute atomic E-state index is 11.9. The predicted octanol–water partition coefficient (Wildman–Crippen LogP) is 3.65. The van der Waals surface area contributed by atoms with Gasteiger partial charge < -0.3 is 19.5 Å². The largest absolute Gasteiger partial charge is 0.497 e. The molecule has 0 fully saturated rings. The van der Waals surface area contributed by atoms with Gasteiger partial charge in [0.25, 0.3) is 0 Å². The number of hydrogen-bond acceptors (Lipinski definition) is 6. The van der Waals surface area contributed by atoms with E-state index in [1.54, 1.807) is 62.8 Å². The van der Waals surface area contributed by atoms with Crippen LogP contribution in [0.3, 0.4) is 0 Å². The van der Waals surface area contributed by atoms with Crippen molar-refractivity contribution in [3.05, 3.63) is 66.2 Å². The summed E-state index contributed by atoms with van der Waals surface area (Å²) in [5, 5.41) is 13.3. The van der Waals surface area contributed by atoms with E-state index in [1.165, 1.54) is 7.11 Å². The van der Waals surface area contributed by atoms with Crippen LogP contribution in [0.4, 0.5) is 5.69 Å². The van der Waals surface area contributed by atoms with Crippen LogP contribution in [0.15, 0.2) is 60.7 Å². The van der Waals surface area contributed by atoms with E-state index in [0.717, 1.165) is 0 Å². The Hall–Kier alpha value is -3.46. The molecule has 0 aliphatic heterocycles. The molecule has 1 N–H and O–H groups in total. The lowest BCUT2D eigenvalue weighted by Gasteiger charge is -2.30. The fraction of sp³-hybridized carbons (Fsp3) is 0.238. The van der Waals surface area contributed by atoms with Gasteiger partial charge in [-0.1, -0.05) is 18.7 Å². The minimum atomic E-state index is -1.24. The van der Waals surface area contributed by atoms with Crippen LogP contribution >= 0.6 is 0 Å². The van der Waals surface area contributed by atoms with Crippen molar-refractivity contribution in [2.75, 3.05) is 26.6 Å². The average molecular weight is 366 g/mol. The first-order valence-corrected chi connectivity index (χ1v) is 8.22. The minimum absolute atomic E-state index is 0.0371. The Balaban J connectivity index is 2.48. The zero-order chi connectivity index (χ0) is 19.9. The van der Waals surface area contributed by atoms with E-state index in [2.05, 4.69) is 18.0 Å². The number of methoxy groups -OCH3 is 3. The van der Waals surface area contributed by atoms with E-state index in [-0.39, 0.29) is 12.0 Å². The standard InChI is InChI=1S/C21H22N2O4/c1-15(20(24)27-4)13-21(14-22,16-6-5-7-19(12-16)26-3)23-17-8-10-18(25-2)11-9-17/h5-12,23H,1,13H2,2-4H3. The second-order valence-electron chi connectivity index (χ2n) is 5.87. The van der Waals surface area contributed by atoms with Crippen molar-refractivity contribution in [1.82, 2.24) is 0 Å². The lowest BCUT2D eigenvalue weighted by Crippen LogP contribution is -2.35. The third kappa shape index (κ3) is 4.59. The van der Waals surface area contributed by atoms with Gasteiger partial charge in [0.1, 0.15) is 11.5 Å². The molecule has 140 valence electrons. The zero-order valence-corrected chi connectivity index (χ0v) is 15.6. The fourth-order valence-electron chi connectivity index (χ4n) is 2.70. The molecule has 0 amide bonds. The van der Waals surface area contributed by atoms with Crippen molar-refractivity contribution in [2.45, 2.75) is 12.0 Å².